The summed E-state index contributed by atoms with van der Waals surface area (Å²) < 4.78 is 26.9. The predicted octanol–water partition coefficient (Wildman–Crippen LogP) is 1.62. The van der Waals surface area contributed by atoms with Crippen LogP contribution < -0.4 is 5.32 Å². The van der Waals surface area contributed by atoms with E-state index in [9.17, 15) is 18.5 Å². The molecule has 1 saturated heterocycles. The molecule has 9 heteroatoms. The van der Waals surface area contributed by atoms with Crippen molar-refractivity contribution < 1.29 is 13.3 Å². The third-order valence-electron chi connectivity index (χ3n) is 4.04. The standard InChI is InChI=1S/C13H19N3O4S.ClH/c1-9-4-5-12(16(17)18)13(10(9)2)21(19,20)15(3)11-6-7-14-8-11;/h4-5,11,14H,6-8H2,1-3H3;1H. The number of hydrogen-bond donors (Lipinski definition) is 1. The maximum atomic E-state index is 12.8. The van der Waals surface area contributed by atoms with Crippen molar-refractivity contribution in [1.29, 1.82) is 0 Å². The molecule has 0 amide bonds. The lowest BCUT2D eigenvalue weighted by atomic mass is 10.1. The van der Waals surface area contributed by atoms with Crippen LogP contribution in [0.3, 0.4) is 0 Å². The Morgan fingerprint density at radius 1 is 1.36 bits per heavy atom. The summed E-state index contributed by atoms with van der Waals surface area (Å²) in [5.74, 6) is 0. The molecule has 1 aliphatic rings. The first-order valence-electron chi connectivity index (χ1n) is 6.70. The van der Waals surface area contributed by atoms with E-state index in [0.29, 0.717) is 18.5 Å². The fourth-order valence-electron chi connectivity index (χ4n) is 2.54. The molecule has 0 aromatic heterocycles. The predicted molar refractivity (Wildman–Crippen MR) is 86.0 cm³/mol. The highest BCUT2D eigenvalue weighted by molar-refractivity contribution is 7.89. The summed E-state index contributed by atoms with van der Waals surface area (Å²) in [6, 6.07) is 2.66. The smallest absolute Gasteiger partial charge is 0.289 e. The molecule has 1 aliphatic heterocycles. The van der Waals surface area contributed by atoms with Crippen LogP contribution in [-0.4, -0.2) is 43.8 Å². The van der Waals surface area contributed by atoms with Gasteiger partial charge in [-0.05, 0) is 37.9 Å². The molecule has 1 unspecified atom stereocenters. The summed E-state index contributed by atoms with van der Waals surface area (Å²) in [4.78, 5) is 10.4. The van der Waals surface area contributed by atoms with Gasteiger partial charge in [0.05, 0.1) is 4.92 Å². The molecule has 1 atom stereocenters. The molecular weight excluding hydrogens is 330 g/mol. The summed E-state index contributed by atoms with van der Waals surface area (Å²) in [7, 11) is -2.41. The average molecular weight is 350 g/mol. The lowest BCUT2D eigenvalue weighted by molar-refractivity contribution is -0.388. The van der Waals surface area contributed by atoms with E-state index in [1.54, 1.807) is 19.9 Å². The number of halogens is 1. The Morgan fingerprint density at radius 3 is 2.50 bits per heavy atom. The van der Waals surface area contributed by atoms with E-state index in [1.165, 1.54) is 17.4 Å². The van der Waals surface area contributed by atoms with Crippen molar-refractivity contribution in [3.63, 3.8) is 0 Å². The van der Waals surface area contributed by atoms with Gasteiger partial charge in [0.25, 0.3) is 5.69 Å². The quantitative estimate of drug-likeness (QED) is 0.658. The van der Waals surface area contributed by atoms with Crippen LogP contribution in [0.4, 0.5) is 5.69 Å². The van der Waals surface area contributed by atoms with Gasteiger partial charge in [0.1, 0.15) is 0 Å². The first kappa shape index (κ1) is 18.8. The van der Waals surface area contributed by atoms with Crippen LogP contribution in [0.25, 0.3) is 0 Å². The summed E-state index contributed by atoms with van der Waals surface area (Å²) in [5.41, 5.74) is 0.787. The minimum Gasteiger partial charge on any atom is -0.315 e. The zero-order chi connectivity index (χ0) is 15.8. The van der Waals surface area contributed by atoms with Crippen LogP contribution in [0.15, 0.2) is 17.0 Å². The second-order valence-corrected chi connectivity index (χ2v) is 7.22. The van der Waals surface area contributed by atoms with Gasteiger partial charge in [-0.25, -0.2) is 8.42 Å². The molecule has 0 saturated carbocycles. The molecule has 0 radical (unpaired) electrons. The normalized spacial score (nSPS) is 18.3. The highest BCUT2D eigenvalue weighted by Crippen LogP contribution is 2.32. The molecule has 0 aliphatic carbocycles. The first-order chi connectivity index (χ1) is 9.76. The van der Waals surface area contributed by atoms with Gasteiger partial charge < -0.3 is 5.32 Å². The van der Waals surface area contributed by atoms with Gasteiger partial charge in [-0.3, -0.25) is 10.1 Å². The Labute approximate surface area is 136 Å². The summed E-state index contributed by atoms with van der Waals surface area (Å²) in [6.45, 7) is 4.67. The molecule has 2 rings (SSSR count). The Hall–Kier alpha value is -1.22. The van der Waals surface area contributed by atoms with Crippen molar-refractivity contribution in [2.24, 2.45) is 0 Å². The van der Waals surface area contributed by atoms with E-state index in [2.05, 4.69) is 5.32 Å². The minimum atomic E-state index is -3.90. The van der Waals surface area contributed by atoms with Crippen molar-refractivity contribution in [3.05, 3.63) is 33.4 Å². The maximum Gasteiger partial charge on any atom is 0.289 e. The third kappa shape index (κ3) is 3.24. The van der Waals surface area contributed by atoms with Crippen molar-refractivity contribution >= 4 is 28.1 Å². The zero-order valence-electron chi connectivity index (χ0n) is 12.7. The molecule has 1 heterocycles. The van der Waals surface area contributed by atoms with Gasteiger partial charge in [-0.2, -0.15) is 4.31 Å². The number of nitro groups is 1. The summed E-state index contributed by atoms with van der Waals surface area (Å²) in [6.07, 6.45) is 0.703. The molecule has 0 bridgehead atoms. The molecule has 22 heavy (non-hydrogen) atoms. The lowest BCUT2D eigenvalue weighted by Gasteiger charge is -2.24. The highest BCUT2D eigenvalue weighted by Gasteiger charge is 2.36. The fourth-order valence-corrected chi connectivity index (χ4v) is 4.35. The Bertz CT molecular complexity index is 672. The highest BCUT2D eigenvalue weighted by atomic mass is 35.5. The molecule has 7 nitrogen and oxygen atoms in total. The van der Waals surface area contributed by atoms with E-state index in [1.807, 2.05) is 0 Å². The van der Waals surface area contributed by atoms with Crippen LogP contribution in [0.1, 0.15) is 17.5 Å². The van der Waals surface area contributed by atoms with Crippen molar-refractivity contribution in [3.8, 4) is 0 Å². The number of nitrogens with zero attached hydrogens (tertiary/aromatic N) is 2. The lowest BCUT2D eigenvalue weighted by Crippen LogP contribution is -2.38. The maximum absolute atomic E-state index is 12.8. The number of sulfonamides is 1. The van der Waals surface area contributed by atoms with Crippen LogP contribution in [-0.2, 0) is 10.0 Å². The van der Waals surface area contributed by atoms with E-state index in [0.717, 1.165) is 12.1 Å². The molecule has 1 fully saturated rings. The summed E-state index contributed by atoms with van der Waals surface area (Å²) >= 11 is 0. The number of nitro benzene ring substituents is 1. The van der Waals surface area contributed by atoms with E-state index < -0.39 is 14.9 Å². The van der Waals surface area contributed by atoms with E-state index >= 15 is 0 Å². The number of benzene rings is 1. The van der Waals surface area contributed by atoms with Gasteiger partial charge in [-0.1, -0.05) is 6.07 Å². The molecular formula is C13H20ClN3O4S. The first-order valence-corrected chi connectivity index (χ1v) is 8.14. The third-order valence-corrected chi connectivity index (χ3v) is 6.13. The molecule has 1 N–H and O–H groups in total. The minimum absolute atomic E-state index is 0. The van der Waals surface area contributed by atoms with E-state index in [-0.39, 0.29) is 29.0 Å². The van der Waals surface area contributed by atoms with Gasteiger partial charge >= 0.3 is 0 Å². The SMILES string of the molecule is Cc1ccc([N+](=O)[O-])c(S(=O)(=O)N(C)C2CCNC2)c1C.Cl. The van der Waals surface area contributed by atoms with Crippen LogP contribution in [0.2, 0.25) is 0 Å². The monoisotopic (exact) mass is 349 g/mol. The molecule has 124 valence electrons. The van der Waals surface area contributed by atoms with Crippen LogP contribution in [0, 0.1) is 24.0 Å². The zero-order valence-corrected chi connectivity index (χ0v) is 14.3. The number of hydrogen-bond acceptors (Lipinski definition) is 5. The number of likely N-dealkylation sites (N-methyl/N-ethyl adjacent to an activating group) is 1. The second-order valence-electron chi connectivity index (χ2n) is 5.28. The summed E-state index contributed by atoms with van der Waals surface area (Å²) in [5, 5.41) is 14.3. The van der Waals surface area contributed by atoms with Crippen molar-refractivity contribution in [2.75, 3.05) is 20.1 Å². The Balaban J connectivity index is 0.00000242. The number of nitrogens with one attached hydrogen (secondary N) is 1. The Morgan fingerprint density at radius 2 is 2.00 bits per heavy atom. The van der Waals surface area contributed by atoms with Gasteiger partial charge in [0.2, 0.25) is 10.0 Å². The molecule has 0 spiro atoms. The average Bonchev–Trinajstić information content (AvgIpc) is 2.93. The topological polar surface area (TPSA) is 92.5 Å². The molecule has 1 aromatic carbocycles. The number of rotatable bonds is 4. The van der Waals surface area contributed by atoms with Crippen LogP contribution in [0.5, 0.6) is 0 Å². The van der Waals surface area contributed by atoms with Gasteiger partial charge in [-0.15, -0.1) is 12.4 Å². The van der Waals surface area contributed by atoms with Crippen molar-refractivity contribution in [1.82, 2.24) is 9.62 Å². The molecule has 1 aromatic rings. The van der Waals surface area contributed by atoms with Gasteiger partial charge in [0.15, 0.2) is 4.90 Å². The Kier molecular flexibility index (Phi) is 5.91. The van der Waals surface area contributed by atoms with Gasteiger partial charge in [0, 0.05) is 25.7 Å². The van der Waals surface area contributed by atoms with E-state index in [4.69, 9.17) is 0 Å². The fraction of sp³-hybridized carbons (Fsp3) is 0.538. The second kappa shape index (κ2) is 6.91. The number of aryl methyl sites for hydroxylation is 1. The van der Waals surface area contributed by atoms with Crippen molar-refractivity contribution in [2.45, 2.75) is 31.2 Å². The largest absolute Gasteiger partial charge is 0.315 e. The van der Waals surface area contributed by atoms with Crippen LogP contribution >= 0.6 is 12.4 Å².